The van der Waals surface area contributed by atoms with Gasteiger partial charge in [-0.25, -0.2) is 9.18 Å². The van der Waals surface area contributed by atoms with Gasteiger partial charge in [-0.1, -0.05) is 30.3 Å². The molecule has 3 aromatic carbocycles. The molecule has 0 bridgehead atoms. The summed E-state index contributed by atoms with van der Waals surface area (Å²) in [6, 6.07) is 15.5. The van der Waals surface area contributed by atoms with Crippen LogP contribution in [0.25, 0.3) is 6.08 Å². The van der Waals surface area contributed by atoms with E-state index in [4.69, 9.17) is 14.2 Å². The van der Waals surface area contributed by atoms with Gasteiger partial charge in [0.1, 0.15) is 11.6 Å². The molecule has 6 heteroatoms. The van der Waals surface area contributed by atoms with Crippen LogP contribution < -0.4 is 14.2 Å². The SMILES string of the molecule is COc1ccc(/C=C/C(=O)c2cc(F)ccc2OC(=O)c2ccccc2C)cc1OC. The third-order valence-corrected chi connectivity index (χ3v) is 4.61. The molecule has 0 atom stereocenters. The van der Waals surface area contributed by atoms with Gasteiger partial charge in [0.25, 0.3) is 0 Å². The molecule has 3 rings (SSSR count). The number of carbonyl (C=O) groups is 2. The molecule has 0 fully saturated rings. The number of ketones is 1. The van der Waals surface area contributed by atoms with E-state index in [0.717, 1.165) is 17.7 Å². The summed E-state index contributed by atoms with van der Waals surface area (Å²) in [6.45, 7) is 1.78. The number of carbonyl (C=O) groups excluding carboxylic acids is 2. The predicted molar refractivity (Wildman–Crippen MR) is 115 cm³/mol. The third-order valence-electron chi connectivity index (χ3n) is 4.61. The van der Waals surface area contributed by atoms with E-state index in [1.165, 1.54) is 26.4 Å². The van der Waals surface area contributed by atoms with Crippen LogP contribution in [0.4, 0.5) is 4.39 Å². The van der Waals surface area contributed by atoms with Gasteiger partial charge in [-0.2, -0.15) is 0 Å². The number of methoxy groups -OCH3 is 2. The minimum atomic E-state index is -0.623. The normalized spacial score (nSPS) is 10.7. The highest BCUT2D eigenvalue weighted by Gasteiger charge is 2.17. The zero-order chi connectivity index (χ0) is 22.4. The maximum atomic E-state index is 13.8. The average Bonchev–Trinajstić information content (AvgIpc) is 2.78. The maximum Gasteiger partial charge on any atom is 0.343 e. The highest BCUT2D eigenvalue weighted by molar-refractivity contribution is 6.09. The second kappa shape index (κ2) is 9.71. The van der Waals surface area contributed by atoms with Gasteiger partial charge < -0.3 is 14.2 Å². The Morgan fingerprint density at radius 3 is 2.26 bits per heavy atom. The van der Waals surface area contributed by atoms with E-state index < -0.39 is 17.6 Å². The number of halogens is 1. The van der Waals surface area contributed by atoms with E-state index >= 15 is 0 Å². The van der Waals surface area contributed by atoms with Gasteiger partial charge >= 0.3 is 5.97 Å². The smallest absolute Gasteiger partial charge is 0.343 e. The van der Waals surface area contributed by atoms with Crippen LogP contribution in [0.1, 0.15) is 31.8 Å². The first-order valence-electron chi connectivity index (χ1n) is 9.44. The van der Waals surface area contributed by atoms with E-state index in [0.29, 0.717) is 22.6 Å². The lowest BCUT2D eigenvalue weighted by Crippen LogP contribution is -2.12. The van der Waals surface area contributed by atoms with Crippen molar-refractivity contribution in [2.75, 3.05) is 14.2 Å². The van der Waals surface area contributed by atoms with E-state index in [2.05, 4.69) is 0 Å². The van der Waals surface area contributed by atoms with E-state index in [1.54, 1.807) is 55.5 Å². The second-order valence-corrected chi connectivity index (χ2v) is 6.66. The lowest BCUT2D eigenvalue weighted by molar-refractivity contribution is 0.0732. The molecule has 0 amide bonds. The fourth-order valence-corrected chi connectivity index (χ4v) is 2.96. The summed E-state index contributed by atoms with van der Waals surface area (Å²) < 4.78 is 29.7. The first kappa shape index (κ1) is 21.8. The van der Waals surface area contributed by atoms with Crippen LogP contribution in [0.5, 0.6) is 17.2 Å². The number of ether oxygens (including phenoxy) is 3. The van der Waals surface area contributed by atoms with Gasteiger partial charge in [-0.15, -0.1) is 0 Å². The topological polar surface area (TPSA) is 61.8 Å². The fourth-order valence-electron chi connectivity index (χ4n) is 2.96. The summed E-state index contributed by atoms with van der Waals surface area (Å²) >= 11 is 0. The molecule has 0 aliphatic rings. The summed E-state index contributed by atoms with van der Waals surface area (Å²) in [7, 11) is 3.04. The van der Waals surface area contributed by atoms with Crippen molar-refractivity contribution in [2.45, 2.75) is 6.92 Å². The van der Waals surface area contributed by atoms with Crippen molar-refractivity contribution in [1.82, 2.24) is 0 Å². The van der Waals surface area contributed by atoms with Crippen molar-refractivity contribution >= 4 is 17.8 Å². The monoisotopic (exact) mass is 420 g/mol. The zero-order valence-corrected chi connectivity index (χ0v) is 17.3. The highest BCUT2D eigenvalue weighted by Crippen LogP contribution is 2.28. The number of rotatable bonds is 7. The van der Waals surface area contributed by atoms with E-state index in [-0.39, 0.29) is 11.3 Å². The standard InChI is InChI=1S/C25H21FO5/c1-16-6-4-5-7-19(16)25(28)31-22-13-10-18(26)15-20(22)21(27)11-8-17-9-12-23(29-2)24(14-17)30-3/h4-15H,1-3H3/b11-8+. The number of esters is 1. The Hall–Kier alpha value is -3.93. The van der Waals surface area contributed by atoms with Crippen molar-refractivity contribution in [3.05, 3.63) is 94.8 Å². The first-order valence-corrected chi connectivity index (χ1v) is 9.44. The van der Waals surface area contributed by atoms with E-state index in [9.17, 15) is 14.0 Å². The van der Waals surface area contributed by atoms with Crippen LogP contribution in [-0.4, -0.2) is 26.0 Å². The fraction of sp³-hybridized carbons (Fsp3) is 0.120. The summed E-state index contributed by atoms with van der Waals surface area (Å²) in [5.74, 6) is -0.697. The molecule has 0 saturated heterocycles. The number of allylic oxidation sites excluding steroid dienone is 1. The number of hydrogen-bond acceptors (Lipinski definition) is 5. The van der Waals surface area contributed by atoms with Gasteiger partial charge in [0.05, 0.1) is 25.3 Å². The van der Waals surface area contributed by atoms with Gasteiger partial charge in [0, 0.05) is 0 Å². The Kier molecular flexibility index (Phi) is 6.82. The number of aryl methyl sites for hydroxylation is 1. The second-order valence-electron chi connectivity index (χ2n) is 6.66. The molecule has 0 heterocycles. The molecular weight excluding hydrogens is 399 g/mol. The average molecular weight is 420 g/mol. The van der Waals surface area contributed by atoms with Crippen molar-refractivity contribution < 1.29 is 28.2 Å². The molecule has 0 saturated carbocycles. The molecule has 0 radical (unpaired) electrons. The minimum absolute atomic E-state index is 0.0170. The molecule has 5 nitrogen and oxygen atoms in total. The van der Waals surface area contributed by atoms with Crippen LogP contribution in [0.3, 0.4) is 0 Å². The summed E-state index contributed by atoms with van der Waals surface area (Å²) in [5.41, 5.74) is 1.72. The zero-order valence-electron chi connectivity index (χ0n) is 17.3. The number of benzene rings is 3. The Morgan fingerprint density at radius 1 is 0.839 bits per heavy atom. The molecule has 0 aliphatic heterocycles. The van der Waals surface area contributed by atoms with Gasteiger partial charge in [-0.05, 0) is 60.5 Å². The van der Waals surface area contributed by atoms with Crippen LogP contribution in [-0.2, 0) is 0 Å². The van der Waals surface area contributed by atoms with Crippen molar-refractivity contribution in [3.63, 3.8) is 0 Å². The molecule has 0 unspecified atom stereocenters. The molecule has 0 spiro atoms. The van der Waals surface area contributed by atoms with Crippen LogP contribution >= 0.6 is 0 Å². The van der Waals surface area contributed by atoms with Crippen LogP contribution in [0.15, 0.2) is 66.7 Å². The summed E-state index contributed by atoms with van der Waals surface area (Å²) in [5, 5.41) is 0. The summed E-state index contributed by atoms with van der Waals surface area (Å²) in [4.78, 5) is 25.3. The van der Waals surface area contributed by atoms with E-state index in [1.807, 2.05) is 0 Å². The molecule has 3 aromatic rings. The molecule has 158 valence electrons. The lowest BCUT2D eigenvalue weighted by atomic mass is 10.1. The minimum Gasteiger partial charge on any atom is -0.493 e. The Bertz CT molecular complexity index is 1150. The highest BCUT2D eigenvalue weighted by atomic mass is 19.1. The Balaban J connectivity index is 1.86. The van der Waals surface area contributed by atoms with Crippen molar-refractivity contribution in [1.29, 1.82) is 0 Å². The van der Waals surface area contributed by atoms with Crippen LogP contribution in [0, 0.1) is 12.7 Å². The third kappa shape index (κ3) is 5.17. The molecule has 0 aromatic heterocycles. The quantitative estimate of drug-likeness (QED) is 0.226. The molecule has 0 aliphatic carbocycles. The van der Waals surface area contributed by atoms with Gasteiger partial charge in [0.15, 0.2) is 17.3 Å². The Labute approximate surface area is 179 Å². The van der Waals surface area contributed by atoms with Crippen LogP contribution in [0.2, 0.25) is 0 Å². The maximum absolute atomic E-state index is 13.8. The number of hydrogen-bond donors (Lipinski definition) is 0. The molecular formula is C25H21FO5. The summed E-state index contributed by atoms with van der Waals surface area (Å²) in [6.07, 6.45) is 2.84. The first-order chi connectivity index (χ1) is 14.9. The molecule has 0 N–H and O–H groups in total. The van der Waals surface area contributed by atoms with Crippen molar-refractivity contribution in [3.8, 4) is 17.2 Å². The molecule has 31 heavy (non-hydrogen) atoms. The van der Waals surface area contributed by atoms with Gasteiger partial charge in [0.2, 0.25) is 0 Å². The predicted octanol–water partition coefficient (Wildman–Crippen LogP) is 5.27. The largest absolute Gasteiger partial charge is 0.493 e. The van der Waals surface area contributed by atoms with Crippen molar-refractivity contribution in [2.24, 2.45) is 0 Å². The van der Waals surface area contributed by atoms with Gasteiger partial charge in [-0.3, -0.25) is 4.79 Å². The Morgan fingerprint density at radius 2 is 1.55 bits per heavy atom. The lowest BCUT2D eigenvalue weighted by Gasteiger charge is -2.10.